The zero-order valence-corrected chi connectivity index (χ0v) is 15.2. The van der Waals surface area contributed by atoms with Crippen molar-refractivity contribution in [3.63, 3.8) is 0 Å². The first-order valence-corrected chi connectivity index (χ1v) is 8.92. The van der Waals surface area contributed by atoms with Crippen molar-refractivity contribution in [3.8, 4) is 0 Å². The van der Waals surface area contributed by atoms with Crippen molar-refractivity contribution in [2.75, 3.05) is 16.9 Å². The Kier molecular flexibility index (Phi) is 4.67. The van der Waals surface area contributed by atoms with Gasteiger partial charge in [0.15, 0.2) is 5.82 Å². The van der Waals surface area contributed by atoms with E-state index in [1.807, 2.05) is 4.90 Å². The third-order valence-corrected chi connectivity index (χ3v) is 4.90. The van der Waals surface area contributed by atoms with E-state index >= 15 is 0 Å². The molecule has 3 heterocycles. The van der Waals surface area contributed by atoms with E-state index in [-0.39, 0.29) is 17.8 Å². The molecular formula is C19H19FN6O3. The Balaban J connectivity index is 1.86. The van der Waals surface area contributed by atoms with E-state index in [4.69, 9.17) is 5.73 Å². The van der Waals surface area contributed by atoms with E-state index in [9.17, 15) is 19.1 Å². The monoisotopic (exact) mass is 398 g/mol. The molecule has 2 aromatic rings. The number of carboxylic acid groups (broad SMARTS) is 1. The minimum atomic E-state index is -1.12. The van der Waals surface area contributed by atoms with Crippen LogP contribution in [0, 0.1) is 5.82 Å². The second kappa shape index (κ2) is 7.30. The summed E-state index contributed by atoms with van der Waals surface area (Å²) in [7, 11) is 0. The summed E-state index contributed by atoms with van der Waals surface area (Å²) in [6.07, 6.45) is 3.68. The number of amides is 1. The third kappa shape index (κ3) is 3.40. The van der Waals surface area contributed by atoms with Crippen LogP contribution in [0.2, 0.25) is 0 Å². The maximum atomic E-state index is 13.5. The van der Waals surface area contributed by atoms with Crippen molar-refractivity contribution in [2.45, 2.75) is 18.8 Å². The number of anilines is 2. The molecule has 0 spiro atoms. The molecule has 0 saturated carbocycles. The molecule has 2 aliphatic rings. The number of primary amides is 1. The first kappa shape index (κ1) is 18.5. The number of carboxylic acids is 1. The fraction of sp³-hybridized carbons (Fsp3) is 0.211. The van der Waals surface area contributed by atoms with Gasteiger partial charge < -0.3 is 31.3 Å². The molecule has 0 fully saturated rings. The second-order valence-electron chi connectivity index (χ2n) is 6.71. The van der Waals surface area contributed by atoms with Gasteiger partial charge in [-0.15, -0.1) is 0 Å². The SMILES string of the molecule is NC(=O)CC(N1C=CNC1)N1c2c(C(=O)O)ccnc2NC1c1ccc(F)cc1. The Labute approximate surface area is 165 Å². The van der Waals surface area contributed by atoms with Gasteiger partial charge in [0.1, 0.15) is 18.1 Å². The lowest BCUT2D eigenvalue weighted by molar-refractivity contribution is -0.119. The van der Waals surface area contributed by atoms with E-state index in [0.29, 0.717) is 23.7 Å². The minimum absolute atomic E-state index is 0.0396. The molecule has 0 bridgehead atoms. The zero-order valence-electron chi connectivity index (χ0n) is 15.2. The van der Waals surface area contributed by atoms with E-state index in [1.54, 1.807) is 29.4 Å². The van der Waals surface area contributed by atoms with Crippen LogP contribution in [0.15, 0.2) is 48.9 Å². The number of halogens is 1. The van der Waals surface area contributed by atoms with Crippen molar-refractivity contribution in [1.29, 1.82) is 0 Å². The quantitative estimate of drug-likeness (QED) is 0.576. The van der Waals surface area contributed by atoms with E-state index in [2.05, 4.69) is 15.6 Å². The number of hydrogen-bond acceptors (Lipinski definition) is 7. The van der Waals surface area contributed by atoms with E-state index in [0.717, 1.165) is 0 Å². The Hall–Kier alpha value is -3.82. The van der Waals surface area contributed by atoms with Gasteiger partial charge in [-0.25, -0.2) is 14.2 Å². The van der Waals surface area contributed by atoms with Crippen LogP contribution >= 0.6 is 0 Å². The van der Waals surface area contributed by atoms with Gasteiger partial charge >= 0.3 is 5.97 Å². The zero-order chi connectivity index (χ0) is 20.5. The highest BCUT2D eigenvalue weighted by Crippen LogP contribution is 2.44. The molecule has 29 heavy (non-hydrogen) atoms. The van der Waals surface area contributed by atoms with Crippen LogP contribution in [0.25, 0.3) is 0 Å². The van der Waals surface area contributed by atoms with Gasteiger partial charge in [0.2, 0.25) is 5.91 Å². The lowest BCUT2D eigenvalue weighted by Gasteiger charge is -2.39. The van der Waals surface area contributed by atoms with Gasteiger partial charge in [0, 0.05) is 18.6 Å². The van der Waals surface area contributed by atoms with Crippen molar-refractivity contribution in [3.05, 3.63) is 65.9 Å². The van der Waals surface area contributed by atoms with Gasteiger partial charge in [0.05, 0.1) is 24.3 Å². The lowest BCUT2D eigenvalue weighted by atomic mass is 10.1. The number of aromatic nitrogens is 1. The van der Waals surface area contributed by atoms with Gasteiger partial charge in [-0.1, -0.05) is 12.1 Å². The molecule has 10 heteroatoms. The predicted octanol–water partition coefficient (Wildman–Crippen LogP) is 1.38. The highest BCUT2D eigenvalue weighted by atomic mass is 19.1. The van der Waals surface area contributed by atoms with Gasteiger partial charge in [-0.2, -0.15) is 0 Å². The maximum absolute atomic E-state index is 13.5. The number of nitrogens with two attached hydrogens (primary N) is 1. The first-order valence-electron chi connectivity index (χ1n) is 8.92. The fourth-order valence-corrected chi connectivity index (χ4v) is 3.65. The number of fused-ring (bicyclic) bond motifs is 1. The molecular weight excluding hydrogens is 379 g/mol. The Morgan fingerprint density at radius 1 is 1.31 bits per heavy atom. The number of nitrogens with one attached hydrogen (secondary N) is 2. The standard InChI is InChI=1S/C19H19FN6O3/c20-12-3-1-11(2-4-12)18-24-17-16(13(19(28)29)5-6-23-17)26(18)15(9-14(21)27)25-8-7-22-10-25/h1-8,15,18,22H,9-10H2,(H2,21,27)(H,23,24)(H,28,29). The summed E-state index contributed by atoms with van der Waals surface area (Å²) in [5, 5.41) is 16.0. The number of nitrogens with zero attached hydrogens (tertiary/aromatic N) is 3. The van der Waals surface area contributed by atoms with Crippen molar-refractivity contribution >= 4 is 23.4 Å². The molecule has 5 N–H and O–H groups in total. The number of rotatable bonds is 6. The summed E-state index contributed by atoms with van der Waals surface area (Å²) in [4.78, 5) is 31.6. The van der Waals surface area contributed by atoms with Crippen LogP contribution in [0.4, 0.5) is 15.9 Å². The topological polar surface area (TPSA) is 124 Å². The molecule has 0 saturated heterocycles. The van der Waals surface area contributed by atoms with Gasteiger partial charge in [-0.3, -0.25) is 4.79 Å². The molecule has 2 aliphatic heterocycles. The molecule has 9 nitrogen and oxygen atoms in total. The van der Waals surface area contributed by atoms with Crippen LogP contribution in [0.1, 0.15) is 28.5 Å². The molecule has 0 radical (unpaired) electrons. The smallest absolute Gasteiger partial charge is 0.338 e. The number of carbonyl (C=O) groups excluding carboxylic acids is 1. The number of carbonyl (C=O) groups is 2. The number of pyridine rings is 1. The second-order valence-corrected chi connectivity index (χ2v) is 6.71. The van der Waals surface area contributed by atoms with Crippen LogP contribution in [-0.2, 0) is 4.79 Å². The Morgan fingerprint density at radius 3 is 2.69 bits per heavy atom. The largest absolute Gasteiger partial charge is 0.478 e. The van der Waals surface area contributed by atoms with Gasteiger partial charge in [0.25, 0.3) is 0 Å². The highest BCUT2D eigenvalue weighted by Gasteiger charge is 2.41. The average Bonchev–Trinajstić information content (AvgIpc) is 3.34. The Morgan fingerprint density at radius 2 is 2.07 bits per heavy atom. The van der Waals surface area contributed by atoms with Crippen molar-refractivity contribution < 1.29 is 19.1 Å². The third-order valence-electron chi connectivity index (χ3n) is 4.90. The van der Waals surface area contributed by atoms with E-state index in [1.165, 1.54) is 24.4 Å². The molecule has 150 valence electrons. The molecule has 1 aromatic carbocycles. The van der Waals surface area contributed by atoms with Crippen LogP contribution in [0.3, 0.4) is 0 Å². The highest BCUT2D eigenvalue weighted by molar-refractivity contribution is 5.99. The normalized spacial score (nSPS) is 18.2. The molecule has 2 unspecified atom stereocenters. The summed E-state index contributed by atoms with van der Waals surface area (Å²) < 4.78 is 13.5. The Bertz CT molecular complexity index is 980. The van der Waals surface area contributed by atoms with Crippen molar-refractivity contribution in [2.24, 2.45) is 5.73 Å². The minimum Gasteiger partial charge on any atom is -0.478 e. The number of benzene rings is 1. The summed E-state index contributed by atoms with van der Waals surface area (Å²) in [5.41, 5.74) is 6.59. The molecule has 4 rings (SSSR count). The van der Waals surface area contributed by atoms with Gasteiger partial charge in [-0.05, 0) is 23.8 Å². The van der Waals surface area contributed by atoms with Crippen LogP contribution in [-0.4, -0.2) is 39.7 Å². The number of hydrogen-bond donors (Lipinski definition) is 4. The van der Waals surface area contributed by atoms with Crippen LogP contribution < -0.4 is 21.3 Å². The number of aromatic carboxylic acids is 1. The predicted molar refractivity (Wildman–Crippen MR) is 103 cm³/mol. The molecule has 0 aliphatic carbocycles. The average molecular weight is 398 g/mol. The molecule has 2 atom stereocenters. The molecule has 1 amide bonds. The summed E-state index contributed by atoms with van der Waals surface area (Å²) in [6.45, 7) is 0.419. The fourth-order valence-electron chi connectivity index (χ4n) is 3.65. The maximum Gasteiger partial charge on any atom is 0.338 e. The van der Waals surface area contributed by atoms with E-state index < -0.39 is 24.2 Å². The molecule has 1 aromatic heterocycles. The van der Waals surface area contributed by atoms with Crippen molar-refractivity contribution in [1.82, 2.24) is 15.2 Å². The summed E-state index contributed by atoms with van der Waals surface area (Å²) in [5.74, 6) is -1.68. The van der Waals surface area contributed by atoms with Crippen LogP contribution in [0.5, 0.6) is 0 Å². The summed E-state index contributed by atoms with van der Waals surface area (Å²) >= 11 is 0. The lowest BCUT2D eigenvalue weighted by Crippen LogP contribution is -2.50. The first-order chi connectivity index (χ1) is 14.0. The summed E-state index contributed by atoms with van der Waals surface area (Å²) in [6, 6.07) is 7.26.